The van der Waals surface area contributed by atoms with Gasteiger partial charge in [0.2, 0.25) is 0 Å². The second-order valence-electron chi connectivity index (χ2n) is 5.13. The molecule has 0 aromatic carbocycles. The topological polar surface area (TPSA) is 41.1 Å². The van der Waals surface area contributed by atoms with Gasteiger partial charge >= 0.3 is 0 Å². The minimum Gasteiger partial charge on any atom is -0.377 e. The van der Waals surface area contributed by atoms with Gasteiger partial charge in [-0.25, -0.2) is 0 Å². The van der Waals surface area contributed by atoms with E-state index in [0.29, 0.717) is 0 Å². The number of nitrogens with one attached hydrogen (secondary N) is 1. The Morgan fingerprint density at radius 3 is 2.71 bits per heavy atom. The van der Waals surface area contributed by atoms with Crippen LogP contribution in [-0.2, 0) is 6.54 Å². The summed E-state index contributed by atoms with van der Waals surface area (Å²) in [5.41, 5.74) is 1.08. The van der Waals surface area contributed by atoms with Crippen molar-refractivity contribution in [1.29, 1.82) is 0 Å². The van der Waals surface area contributed by atoms with Crippen LogP contribution in [0.15, 0.2) is 0 Å². The number of hydrogen-bond acceptors (Lipinski definition) is 5. The molecule has 1 heterocycles. The average molecular weight is 254 g/mol. The van der Waals surface area contributed by atoms with Crippen LogP contribution in [0.1, 0.15) is 38.3 Å². The Bertz CT molecular complexity index is 344. The number of anilines is 1. The summed E-state index contributed by atoms with van der Waals surface area (Å²) >= 11 is 1.44. The van der Waals surface area contributed by atoms with Crippen LogP contribution in [0.3, 0.4) is 0 Å². The monoisotopic (exact) mass is 254 g/mol. The van der Waals surface area contributed by atoms with Crippen molar-refractivity contribution in [2.75, 3.05) is 19.4 Å². The SMILES string of the molecule is CNc1snnc1CN(C)C1CCC(C)CC1. The lowest BCUT2D eigenvalue weighted by atomic mass is 9.87. The van der Waals surface area contributed by atoms with Gasteiger partial charge in [-0.3, -0.25) is 4.90 Å². The Labute approximate surface area is 108 Å². The van der Waals surface area contributed by atoms with Gasteiger partial charge in [0, 0.05) is 31.2 Å². The molecule has 2 rings (SSSR count). The van der Waals surface area contributed by atoms with Crippen molar-refractivity contribution in [2.45, 2.75) is 45.2 Å². The number of hydrogen-bond donors (Lipinski definition) is 1. The molecule has 1 aliphatic carbocycles. The molecule has 0 bridgehead atoms. The van der Waals surface area contributed by atoms with E-state index < -0.39 is 0 Å². The first-order valence-electron chi connectivity index (χ1n) is 6.40. The third-order valence-corrected chi connectivity index (χ3v) is 4.58. The molecule has 1 N–H and O–H groups in total. The Kier molecular flexibility index (Phi) is 4.34. The first kappa shape index (κ1) is 12.8. The van der Waals surface area contributed by atoms with Crippen LogP contribution in [0, 0.1) is 5.92 Å². The quantitative estimate of drug-likeness (QED) is 0.896. The minimum atomic E-state index is 0.720. The highest BCUT2D eigenvalue weighted by molar-refractivity contribution is 7.10. The summed E-state index contributed by atoms with van der Waals surface area (Å²) < 4.78 is 4.01. The maximum Gasteiger partial charge on any atom is 0.134 e. The van der Waals surface area contributed by atoms with E-state index in [2.05, 4.69) is 33.8 Å². The van der Waals surface area contributed by atoms with Crippen molar-refractivity contribution < 1.29 is 0 Å². The van der Waals surface area contributed by atoms with Crippen LogP contribution >= 0.6 is 11.5 Å². The van der Waals surface area contributed by atoms with E-state index in [1.54, 1.807) is 0 Å². The first-order chi connectivity index (χ1) is 8.20. The van der Waals surface area contributed by atoms with E-state index in [0.717, 1.165) is 29.2 Å². The lowest BCUT2D eigenvalue weighted by molar-refractivity contribution is 0.162. The van der Waals surface area contributed by atoms with Gasteiger partial charge in [0.1, 0.15) is 10.7 Å². The highest BCUT2D eigenvalue weighted by Crippen LogP contribution is 2.28. The Hall–Kier alpha value is -0.680. The molecule has 0 radical (unpaired) electrons. The zero-order valence-electron chi connectivity index (χ0n) is 10.9. The normalized spacial score (nSPS) is 25.2. The molecule has 1 aliphatic rings. The van der Waals surface area contributed by atoms with Gasteiger partial charge in [-0.1, -0.05) is 11.4 Å². The zero-order chi connectivity index (χ0) is 12.3. The molecule has 0 amide bonds. The predicted molar refractivity (Wildman–Crippen MR) is 72.3 cm³/mol. The van der Waals surface area contributed by atoms with E-state index in [-0.39, 0.29) is 0 Å². The molecule has 5 heteroatoms. The first-order valence-corrected chi connectivity index (χ1v) is 7.17. The molecule has 96 valence electrons. The van der Waals surface area contributed by atoms with E-state index >= 15 is 0 Å². The van der Waals surface area contributed by atoms with Crippen molar-refractivity contribution in [2.24, 2.45) is 5.92 Å². The summed E-state index contributed by atoms with van der Waals surface area (Å²) in [5.74, 6) is 0.911. The van der Waals surface area contributed by atoms with Gasteiger partial charge in [-0.15, -0.1) is 5.10 Å². The molecule has 1 saturated carbocycles. The average Bonchev–Trinajstić information content (AvgIpc) is 2.77. The lowest BCUT2D eigenvalue weighted by Gasteiger charge is -2.33. The largest absolute Gasteiger partial charge is 0.377 e. The molecule has 1 aromatic heterocycles. The van der Waals surface area contributed by atoms with E-state index in [4.69, 9.17) is 0 Å². The maximum absolute atomic E-state index is 4.20. The Balaban J connectivity index is 1.90. The van der Waals surface area contributed by atoms with E-state index in [1.165, 1.54) is 37.2 Å². The van der Waals surface area contributed by atoms with Gasteiger partial charge in [0.05, 0.1) is 0 Å². The zero-order valence-corrected chi connectivity index (χ0v) is 11.8. The van der Waals surface area contributed by atoms with Gasteiger partial charge in [0.25, 0.3) is 0 Å². The maximum atomic E-state index is 4.20. The fourth-order valence-corrected chi connectivity index (χ4v) is 3.07. The predicted octanol–water partition coefficient (Wildman–Crippen LogP) is 2.59. The van der Waals surface area contributed by atoms with Crippen LogP contribution in [0.5, 0.6) is 0 Å². The van der Waals surface area contributed by atoms with Crippen LogP contribution in [0.4, 0.5) is 5.00 Å². The van der Waals surface area contributed by atoms with Crippen molar-refractivity contribution in [3.05, 3.63) is 5.69 Å². The summed E-state index contributed by atoms with van der Waals surface area (Å²) in [6.45, 7) is 3.27. The molecule has 0 atom stereocenters. The second kappa shape index (κ2) is 5.78. The minimum absolute atomic E-state index is 0.720. The number of rotatable bonds is 4. The molecule has 0 saturated heterocycles. The second-order valence-corrected chi connectivity index (χ2v) is 5.88. The molecule has 17 heavy (non-hydrogen) atoms. The molecule has 0 spiro atoms. The van der Waals surface area contributed by atoms with Crippen molar-refractivity contribution in [3.63, 3.8) is 0 Å². The summed E-state index contributed by atoms with van der Waals surface area (Å²) in [5, 5.41) is 8.46. The van der Waals surface area contributed by atoms with Crippen molar-refractivity contribution in [1.82, 2.24) is 14.5 Å². The fraction of sp³-hybridized carbons (Fsp3) is 0.833. The summed E-state index contributed by atoms with van der Waals surface area (Å²) in [4.78, 5) is 2.43. The Morgan fingerprint density at radius 1 is 1.35 bits per heavy atom. The van der Waals surface area contributed by atoms with Gasteiger partial charge < -0.3 is 5.32 Å². The van der Waals surface area contributed by atoms with Crippen LogP contribution < -0.4 is 5.32 Å². The highest BCUT2D eigenvalue weighted by atomic mass is 32.1. The molecule has 1 aromatic rings. The Morgan fingerprint density at radius 2 is 2.06 bits per heavy atom. The van der Waals surface area contributed by atoms with E-state index in [1.807, 2.05) is 7.05 Å². The summed E-state index contributed by atoms with van der Waals surface area (Å²) in [6.07, 6.45) is 5.38. The smallest absolute Gasteiger partial charge is 0.134 e. The molecule has 1 fully saturated rings. The molecular weight excluding hydrogens is 232 g/mol. The van der Waals surface area contributed by atoms with E-state index in [9.17, 15) is 0 Å². The molecule has 0 aliphatic heterocycles. The van der Waals surface area contributed by atoms with Crippen LogP contribution in [0.25, 0.3) is 0 Å². The standard InChI is InChI=1S/C12H22N4S/c1-9-4-6-10(7-5-9)16(3)8-11-12(13-2)17-15-14-11/h9-10,13H,4-8H2,1-3H3. The van der Waals surface area contributed by atoms with Crippen molar-refractivity contribution in [3.8, 4) is 0 Å². The van der Waals surface area contributed by atoms with Crippen LogP contribution in [-0.4, -0.2) is 34.6 Å². The summed E-state index contributed by atoms with van der Waals surface area (Å²) in [6, 6.07) is 0.720. The van der Waals surface area contributed by atoms with Gasteiger partial charge in [-0.05, 0) is 38.6 Å². The molecule has 4 nitrogen and oxygen atoms in total. The number of nitrogens with zero attached hydrogens (tertiary/aromatic N) is 3. The fourth-order valence-electron chi connectivity index (χ4n) is 2.55. The summed E-state index contributed by atoms with van der Waals surface area (Å²) in [7, 11) is 4.14. The molecule has 0 unspecified atom stereocenters. The van der Waals surface area contributed by atoms with Crippen molar-refractivity contribution >= 4 is 16.5 Å². The van der Waals surface area contributed by atoms with Crippen LogP contribution in [0.2, 0.25) is 0 Å². The third kappa shape index (κ3) is 3.16. The van der Waals surface area contributed by atoms with Gasteiger partial charge in [0.15, 0.2) is 0 Å². The highest BCUT2D eigenvalue weighted by Gasteiger charge is 2.22. The lowest BCUT2D eigenvalue weighted by Crippen LogP contribution is -2.34. The molecular formula is C12H22N4S. The third-order valence-electron chi connectivity index (χ3n) is 3.79. The van der Waals surface area contributed by atoms with Gasteiger partial charge in [-0.2, -0.15) is 0 Å². The number of aromatic nitrogens is 2.